The van der Waals surface area contributed by atoms with Crippen molar-refractivity contribution in [3.63, 3.8) is 0 Å². The predicted molar refractivity (Wildman–Crippen MR) is 82.8 cm³/mol. The summed E-state index contributed by atoms with van der Waals surface area (Å²) < 4.78 is 54.9. The summed E-state index contributed by atoms with van der Waals surface area (Å²) in [6.07, 6.45) is -3.20. The van der Waals surface area contributed by atoms with Crippen molar-refractivity contribution in [3.8, 4) is 0 Å². The average molecular weight is 341 g/mol. The second-order valence-electron chi connectivity index (χ2n) is 5.69. The first kappa shape index (κ1) is 16.1. The fraction of sp³-hybridized carbons (Fsp3) is 0.222. The van der Waals surface area contributed by atoms with Crippen molar-refractivity contribution in [2.45, 2.75) is 24.4 Å². The van der Waals surface area contributed by atoms with Crippen LogP contribution in [-0.4, -0.2) is 6.18 Å². The summed E-state index contributed by atoms with van der Waals surface area (Å²) in [5, 5.41) is -0.292. The lowest BCUT2D eigenvalue weighted by molar-refractivity contribution is -0.187. The van der Waals surface area contributed by atoms with Gasteiger partial charge in [-0.25, -0.2) is 4.39 Å². The lowest BCUT2D eigenvalue weighted by atomic mass is 9.76. The van der Waals surface area contributed by atoms with E-state index in [9.17, 15) is 17.6 Å². The van der Waals surface area contributed by atoms with E-state index < -0.39 is 17.4 Å². The number of benzene rings is 2. The Balaban J connectivity index is 2.03. The van der Waals surface area contributed by atoms with Gasteiger partial charge < -0.3 is 0 Å². The highest BCUT2D eigenvalue weighted by atomic mass is 35.5. The van der Waals surface area contributed by atoms with E-state index in [2.05, 4.69) is 0 Å². The molecule has 23 heavy (non-hydrogen) atoms. The predicted octanol–water partition coefficient (Wildman–Crippen LogP) is 6.16. The first-order chi connectivity index (χ1) is 10.8. The maximum absolute atomic E-state index is 13.9. The van der Waals surface area contributed by atoms with Crippen molar-refractivity contribution < 1.29 is 17.6 Å². The molecule has 0 saturated carbocycles. The smallest absolute Gasteiger partial charge is 0.205 e. The first-order valence-corrected chi connectivity index (χ1v) is 7.48. The Morgan fingerprint density at radius 3 is 2.30 bits per heavy atom. The number of allylic oxidation sites excluding steroid dienone is 2. The Hall–Kier alpha value is -1.81. The molecule has 1 aliphatic carbocycles. The summed E-state index contributed by atoms with van der Waals surface area (Å²) >= 11 is 5.70. The fourth-order valence-electron chi connectivity index (χ4n) is 3.03. The molecular weight excluding hydrogens is 328 g/mol. The molecule has 2 aromatic carbocycles. The standard InChI is InChI=1S/C18H13ClF4/c19-15-10-14(6-7-16(15)20)17(18(21,22)23)9-8-13(11-17)12-4-2-1-3-5-12/h1-8,10H,9,11H2. The van der Waals surface area contributed by atoms with Gasteiger partial charge in [0.25, 0.3) is 0 Å². The fourth-order valence-corrected chi connectivity index (χ4v) is 3.21. The van der Waals surface area contributed by atoms with Gasteiger partial charge in [0.2, 0.25) is 0 Å². The molecule has 5 heteroatoms. The Kier molecular flexibility index (Phi) is 3.96. The Bertz CT molecular complexity index is 749. The highest BCUT2D eigenvalue weighted by Gasteiger charge is 2.57. The van der Waals surface area contributed by atoms with E-state index in [0.717, 1.165) is 17.7 Å². The van der Waals surface area contributed by atoms with E-state index in [-0.39, 0.29) is 23.4 Å². The molecule has 120 valence electrons. The molecule has 0 fully saturated rings. The quantitative estimate of drug-likeness (QED) is 0.574. The van der Waals surface area contributed by atoms with Crippen molar-refractivity contribution in [1.82, 2.24) is 0 Å². The summed E-state index contributed by atoms with van der Waals surface area (Å²) in [6.45, 7) is 0. The number of hydrogen-bond donors (Lipinski definition) is 0. The molecule has 0 bridgehead atoms. The topological polar surface area (TPSA) is 0 Å². The van der Waals surface area contributed by atoms with E-state index in [0.29, 0.717) is 5.57 Å². The lowest BCUT2D eigenvalue weighted by Gasteiger charge is -2.33. The van der Waals surface area contributed by atoms with Crippen LogP contribution in [0.4, 0.5) is 17.6 Å². The normalized spacial score (nSPS) is 21.3. The molecule has 1 unspecified atom stereocenters. The highest BCUT2D eigenvalue weighted by molar-refractivity contribution is 6.30. The second kappa shape index (κ2) is 5.68. The van der Waals surface area contributed by atoms with Crippen LogP contribution in [0.1, 0.15) is 24.0 Å². The van der Waals surface area contributed by atoms with Gasteiger partial charge in [-0.05, 0) is 41.7 Å². The third-order valence-electron chi connectivity index (χ3n) is 4.35. The van der Waals surface area contributed by atoms with Crippen molar-refractivity contribution in [3.05, 3.63) is 76.6 Å². The molecule has 1 aliphatic rings. The molecule has 0 spiro atoms. The molecule has 0 aliphatic heterocycles. The Labute approximate surface area is 136 Å². The Morgan fingerprint density at radius 2 is 1.70 bits per heavy atom. The van der Waals surface area contributed by atoms with Crippen LogP contribution in [0.2, 0.25) is 5.02 Å². The van der Waals surface area contributed by atoms with Gasteiger partial charge in [0.15, 0.2) is 0 Å². The maximum Gasteiger partial charge on any atom is 0.399 e. The number of hydrogen-bond acceptors (Lipinski definition) is 0. The Morgan fingerprint density at radius 1 is 1.00 bits per heavy atom. The molecule has 0 aromatic heterocycles. The van der Waals surface area contributed by atoms with E-state index in [4.69, 9.17) is 11.6 Å². The van der Waals surface area contributed by atoms with Crippen LogP contribution in [0, 0.1) is 5.82 Å². The molecule has 2 aromatic rings. The van der Waals surface area contributed by atoms with Crippen LogP contribution in [0.25, 0.3) is 5.57 Å². The molecule has 1 atom stereocenters. The summed E-state index contributed by atoms with van der Waals surface area (Å²) in [4.78, 5) is 0. The van der Waals surface area contributed by atoms with E-state index >= 15 is 0 Å². The minimum absolute atomic E-state index is 0.00131. The van der Waals surface area contributed by atoms with Gasteiger partial charge in [-0.2, -0.15) is 13.2 Å². The SMILES string of the molecule is Fc1ccc(C2(C(F)(F)F)CC=C(c3ccccc3)C2)cc1Cl. The van der Waals surface area contributed by atoms with Crippen LogP contribution in [0.3, 0.4) is 0 Å². The summed E-state index contributed by atoms with van der Waals surface area (Å²) in [7, 11) is 0. The van der Waals surface area contributed by atoms with Gasteiger partial charge in [0.05, 0.1) is 10.4 Å². The molecule has 0 radical (unpaired) electrons. The van der Waals surface area contributed by atoms with E-state index in [1.54, 1.807) is 30.3 Å². The van der Waals surface area contributed by atoms with Gasteiger partial charge in [-0.1, -0.05) is 54.1 Å². The van der Waals surface area contributed by atoms with Gasteiger partial charge >= 0.3 is 6.18 Å². The van der Waals surface area contributed by atoms with Crippen molar-refractivity contribution >= 4 is 17.2 Å². The van der Waals surface area contributed by atoms with Crippen molar-refractivity contribution in [1.29, 1.82) is 0 Å². The molecule has 0 nitrogen and oxygen atoms in total. The molecule has 0 amide bonds. The monoisotopic (exact) mass is 340 g/mol. The van der Waals surface area contributed by atoms with Crippen LogP contribution in [0.5, 0.6) is 0 Å². The third kappa shape index (κ3) is 2.76. The second-order valence-corrected chi connectivity index (χ2v) is 6.09. The molecule has 0 saturated heterocycles. The van der Waals surface area contributed by atoms with Crippen LogP contribution < -0.4 is 0 Å². The zero-order valence-corrected chi connectivity index (χ0v) is 12.8. The van der Waals surface area contributed by atoms with Gasteiger partial charge in [-0.3, -0.25) is 0 Å². The maximum atomic E-state index is 13.9. The summed E-state index contributed by atoms with van der Waals surface area (Å²) in [6, 6.07) is 12.2. The zero-order chi connectivity index (χ0) is 16.7. The summed E-state index contributed by atoms with van der Waals surface area (Å²) in [5.41, 5.74) is -0.649. The minimum Gasteiger partial charge on any atom is -0.205 e. The number of alkyl halides is 3. The van der Waals surface area contributed by atoms with E-state index in [1.165, 1.54) is 6.07 Å². The van der Waals surface area contributed by atoms with Gasteiger partial charge in [0.1, 0.15) is 5.82 Å². The van der Waals surface area contributed by atoms with Gasteiger partial charge in [-0.15, -0.1) is 0 Å². The first-order valence-electron chi connectivity index (χ1n) is 7.10. The molecular formula is C18H13ClF4. The third-order valence-corrected chi connectivity index (χ3v) is 4.64. The highest BCUT2D eigenvalue weighted by Crippen LogP contribution is 2.54. The number of halogens is 5. The minimum atomic E-state index is -4.46. The van der Waals surface area contributed by atoms with Crippen LogP contribution in [0.15, 0.2) is 54.6 Å². The molecule has 0 N–H and O–H groups in total. The van der Waals surface area contributed by atoms with Crippen LogP contribution >= 0.6 is 11.6 Å². The number of rotatable bonds is 2. The van der Waals surface area contributed by atoms with Gasteiger partial charge in [0, 0.05) is 0 Å². The molecule has 0 heterocycles. The van der Waals surface area contributed by atoms with E-state index in [1.807, 2.05) is 6.07 Å². The van der Waals surface area contributed by atoms with Crippen LogP contribution in [-0.2, 0) is 5.41 Å². The average Bonchev–Trinajstić information content (AvgIpc) is 2.97. The largest absolute Gasteiger partial charge is 0.399 e. The molecule has 3 rings (SSSR count). The zero-order valence-electron chi connectivity index (χ0n) is 12.0. The van der Waals surface area contributed by atoms with Crippen molar-refractivity contribution in [2.75, 3.05) is 0 Å². The van der Waals surface area contributed by atoms with Crippen molar-refractivity contribution in [2.24, 2.45) is 0 Å². The summed E-state index contributed by atoms with van der Waals surface area (Å²) in [5.74, 6) is -0.720. The lowest BCUT2D eigenvalue weighted by Crippen LogP contribution is -2.40.